The van der Waals surface area contributed by atoms with Crippen LogP contribution in [0, 0.1) is 11.3 Å². The number of anilines is 1. The average Bonchev–Trinajstić information content (AvgIpc) is 2.84. The summed E-state index contributed by atoms with van der Waals surface area (Å²) >= 11 is 0. The van der Waals surface area contributed by atoms with Gasteiger partial charge in [0.1, 0.15) is 30.0 Å². The van der Waals surface area contributed by atoms with Crippen LogP contribution in [0.3, 0.4) is 0 Å². The van der Waals surface area contributed by atoms with E-state index < -0.39 is 18.6 Å². The number of benzene rings is 2. The van der Waals surface area contributed by atoms with Gasteiger partial charge < -0.3 is 19.9 Å². The molecule has 3 aromatic rings. The lowest BCUT2D eigenvalue weighted by Gasteiger charge is -2.24. The lowest BCUT2D eigenvalue weighted by atomic mass is 9.91. The summed E-state index contributed by atoms with van der Waals surface area (Å²) in [5, 5.41) is 21.6. The summed E-state index contributed by atoms with van der Waals surface area (Å²) < 4.78 is 23.9. The first-order chi connectivity index (χ1) is 16.0. The van der Waals surface area contributed by atoms with Crippen molar-refractivity contribution in [1.29, 1.82) is 5.26 Å². The lowest BCUT2D eigenvalue weighted by molar-refractivity contribution is -0.139. The molecule has 9 heteroatoms. The van der Waals surface area contributed by atoms with Crippen molar-refractivity contribution in [2.75, 3.05) is 11.9 Å². The first-order valence-corrected chi connectivity index (χ1v) is 10.0. The van der Waals surface area contributed by atoms with Crippen LogP contribution in [-0.4, -0.2) is 28.6 Å². The third kappa shape index (κ3) is 4.75. The van der Waals surface area contributed by atoms with Crippen LogP contribution in [0.2, 0.25) is 0 Å². The van der Waals surface area contributed by atoms with Crippen molar-refractivity contribution in [3.8, 4) is 23.3 Å². The Kier molecular flexibility index (Phi) is 6.17. The summed E-state index contributed by atoms with van der Waals surface area (Å²) in [6.45, 7) is -0.426. The van der Waals surface area contributed by atoms with Gasteiger partial charge in [-0.2, -0.15) is 5.26 Å². The molecule has 8 nitrogen and oxygen atoms in total. The molecule has 2 N–H and O–H groups in total. The summed E-state index contributed by atoms with van der Waals surface area (Å²) in [5.41, 5.74) is 1.69. The van der Waals surface area contributed by atoms with Crippen molar-refractivity contribution in [2.45, 2.75) is 19.0 Å². The average molecular weight is 447 g/mol. The molecule has 0 fully saturated rings. The predicted octanol–water partition coefficient (Wildman–Crippen LogP) is 4.42. The molecule has 1 amide bonds. The van der Waals surface area contributed by atoms with Crippen LogP contribution in [0.4, 0.5) is 10.1 Å². The van der Waals surface area contributed by atoms with Crippen molar-refractivity contribution < 1.29 is 28.6 Å². The molecule has 33 heavy (non-hydrogen) atoms. The van der Waals surface area contributed by atoms with Crippen molar-refractivity contribution in [2.24, 2.45) is 0 Å². The predicted molar refractivity (Wildman–Crippen MR) is 115 cm³/mol. The molecule has 1 aliphatic rings. The number of aliphatic carboxylic acids is 1. The van der Waals surface area contributed by atoms with E-state index in [4.69, 9.17) is 9.47 Å². The van der Waals surface area contributed by atoms with Crippen molar-refractivity contribution in [3.05, 3.63) is 77.1 Å². The molecule has 2 aromatic carbocycles. The maximum Gasteiger partial charge on any atom is 0.311 e. The highest BCUT2D eigenvalue weighted by molar-refractivity contribution is 6.04. The van der Waals surface area contributed by atoms with Gasteiger partial charge in [-0.15, -0.1) is 0 Å². The number of amides is 1. The number of alkyl halides is 1. The number of nitrogens with one attached hydrogen (secondary N) is 1. The first-order valence-electron chi connectivity index (χ1n) is 10.0. The van der Waals surface area contributed by atoms with E-state index in [0.717, 1.165) is 0 Å². The summed E-state index contributed by atoms with van der Waals surface area (Å²) in [5.74, 6) is -1.13. The minimum Gasteiger partial charge on any atom is -0.493 e. The van der Waals surface area contributed by atoms with Crippen molar-refractivity contribution in [3.63, 3.8) is 0 Å². The lowest BCUT2D eigenvalue weighted by Crippen LogP contribution is -2.21. The molecular formula is C24H18FN3O5. The van der Waals surface area contributed by atoms with Gasteiger partial charge >= 0.3 is 5.97 Å². The molecule has 0 bridgehead atoms. The number of halogens is 1. The van der Waals surface area contributed by atoms with E-state index in [0.29, 0.717) is 34.7 Å². The smallest absolute Gasteiger partial charge is 0.311 e. The molecule has 166 valence electrons. The fraction of sp³-hybridized carbons (Fsp3) is 0.167. The zero-order valence-electron chi connectivity index (χ0n) is 17.2. The minimum absolute atomic E-state index is 0.177. The molecular weight excluding hydrogens is 429 g/mol. The molecule has 1 aromatic heterocycles. The number of hydrogen-bond acceptors (Lipinski definition) is 6. The van der Waals surface area contributed by atoms with Crippen molar-refractivity contribution in [1.82, 2.24) is 4.98 Å². The Balaban J connectivity index is 1.50. The van der Waals surface area contributed by atoms with Gasteiger partial charge in [0.25, 0.3) is 5.91 Å². The van der Waals surface area contributed by atoms with E-state index in [2.05, 4.69) is 10.3 Å². The first kappa shape index (κ1) is 21.8. The molecule has 0 aliphatic carbocycles. The number of pyridine rings is 1. The SMILES string of the molecule is N#Cc1cc2c(cc1Oc1ccc(C(=O)Nc3ccc(CF)nc3)cc1)OCCC2C(=O)O. The Hall–Kier alpha value is -4.45. The van der Waals surface area contributed by atoms with Gasteiger partial charge in [0, 0.05) is 17.2 Å². The Bertz CT molecular complexity index is 1240. The molecule has 0 saturated carbocycles. The van der Waals surface area contributed by atoms with Gasteiger partial charge in [0.15, 0.2) is 0 Å². The summed E-state index contributed by atoms with van der Waals surface area (Å²) in [6, 6.07) is 14.3. The minimum atomic E-state index is -0.972. The number of carboxylic acid groups (broad SMARTS) is 1. The number of fused-ring (bicyclic) bond motifs is 1. The quantitative estimate of drug-likeness (QED) is 0.574. The third-order valence-corrected chi connectivity index (χ3v) is 5.13. The Morgan fingerprint density at radius 2 is 2.03 bits per heavy atom. The molecule has 2 heterocycles. The Morgan fingerprint density at radius 1 is 1.24 bits per heavy atom. The van der Waals surface area contributed by atoms with Crippen LogP contribution in [0.5, 0.6) is 17.2 Å². The van der Waals surface area contributed by atoms with E-state index in [-0.39, 0.29) is 29.5 Å². The number of nitriles is 1. The number of rotatable bonds is 6. The molecule has 1 atom stereocenters. The second-order valence-corrected chi connectivity index (χ2v) is 7.28. The highest BCUT2D eigenvalue weighted by Crippen LogP contribution is 2.39. The summed E-state index contributed by atoms with van der Waals surface area (Å²) in [4.78, 5) is 27.8. The maximum atomic E-state index is 12.5. The second-order valence-electron chi connectivity index (χ2n) is 7.28. The van der Waals surface area contributed by atoms with Crippen LogP contribution in [0.15, 0.2) is 54.7 Å². The molecule has 4 rings (SSSR count). The van der Waals surface area contributed by atoms with E-state index >= 15 is 0 Å². The molecule has 0 spiro atoms. The largest absolute Gasteiger partial charge is 0.493 e. The van der Waals surface area contributed by atoms with E-state index in [1.807, 2.05) is 6.07 Å². The van der Waals surface area contributed by atoms with Gasteiger partial charge in [-0.05, 0) is 48.9 Å². The van der Waals surface area contributed by atoms with Crippen LogP contribution >= 0.6 is 0 Å². The second kappa shape index (κ2) is 9.36. The highest BCUT2D eigenvalue weighted by atomic mass is 19.1. The van der Waals surface area contributed by atoms with Gasteiger partial charge in [-0.25, -0.2) is 4.39 Å². The number of carboxylic acids is 1. The number of nitrogens with zero attached hydrogens (tertiary/aromatic N) is 2. The number of carbonyl (C=O) groups excluding carboxylic acids is 1. The summed E-state index contributed by atoms with van der Waals surface area (Å²) in [7, 11) is 0. The van der Waals surface area contributed by atoms with Crippen LogP contribution in [0.25, 0.3) is 0 Å². The van der Waals surface area contributed by atoms with Gasteiger partial charge in [0.2, 0.25) is 0 Å². The highest BCUT2D eigenvalue weighted by Gasteiger charge is 2.29. The number of hydrogen-bond donors (Lipinski definition) is 2. The van der Waals surface area contributed by atoms with E-state index in [1.54, 1.807) is 30.3 Å². The van der Waals surface area contributed by atoms with E-state index in [9.17, 15) is 24.3 Å². The van der Waals surface area contributed by atoms with Crippen LogP contribution in [0.1, 0.15) is 39.5 Å². The number of aromatic nitrogens is 1. The zero-order chi connectivity index (χ0) is 23.4. The standard InChI is InChI=1S/C24H18FN3O5/c25-11-16-3-4-17(13-27-16)28-23(29)14-1-5-18(6-2-14)33-21-10-22-20(9-15(21)12-26)19(24(30)31)7-8-32-22/h1-6,9-10,13,19H,7-8,11H2,(H,28,29)(H,30,31). The zero-order valence-corrected chi connectivity index (χ0v) is 17.2. The normalized spacial score (nSPS) is 14.4. The van der Waals surface area contributed by atoms with Crippen LogP contribution in [-0.2, 0) is 11.5 Å². The van der Waals surface area contributed by atoms with Gasteiger partial charge in [-0.1, -0.05) is 0 Å². The molecule has 1 aliphatic heterocycles. The Morgan fingerprint density at radius 3 is 2.67 bits per heavy atom. The fourth-order valence-corrected chi connectivity index (χ4v) is 3.43. The topological polar surface area (TPSA) is 122 Å². The van der Waals surface area contributed by atoms with Gasteiger partial charge in [0.05, 0.1) is 35.7 Å². The van der Waals surface area contributed by atoms with E-state index in [1.165, 1.54) is 24.4 Å². The monoisotopic (exact) mass is 447 g/mol. The Labute approximate surface area is 188 Å². The number of ether oxygens (including phenoxy) is 2. The molecule has 0 radical (unpaired) electrons. The van der Waals surface area contributed by atoms with Crippen molar-refractivity contribution >= 4 is 17.6 Å². The third-order valence-electron chi connectivity index (χ3n) is 5.13. The molecule has 0 saturated heterocycles. The summed E-state index contributed by atoms with van der Waals surface area (Å²) in [6.07, 6.45) is 1.70. The maximum absolute atomic E-state index is 12.5. The van der Waals surface area contributed by atoms with Gasteiger partial charge in [-0.3, -0.25) is 14.6 Å². The van der Waals surface area contributed by atoms with Crippen LogP contribution < -0.4 is 14.8 Å². The fourth-order valence-electron chi connectivity index (χ4n) is 3.43. The number of carbonyl (C=O) groups is 2. The molecule has 1 unspecified atom stereocenters.